The van der Waals surface area contributed by atoms with Gasteiger partial charge in [-0.2, -0.15) is 0 Å². The van der Waals surface area contributed by atoms with Crippen LogP contribution in [-0.4, -0.2) is 39.8 Å². The predicted octanol–water partition coefficient (Wildman–Crippen LogP) is 1.39. The lowest BCUT2D eigenvalue weighted by Crippen LogP contribution is -2.40. The van der Waals surface area contributed by atoms with Crippen LogP contribution in [0.25, 0.3) is 0 Å². The predicted molar refractivity (Wildman–Crippen MR) is 80.4 cm³/mol. The van der Waals surface area contributed by atoms with E-state index in [1.165, 1.54) is 0 Å². The molecule has 0 saturated heterocycles. The van der Waals surface area contributed by atoms with Crippen molar-refractivity contribution in [2.45, 2.75) is 40.2 Å². The Morgan fingerprint density at radius 1 is 1.45 bits per heavy atom. The summed E-state index contributed by atoms with van der Waals surface area (Å²) >= 11 is 0. The Hall–Kier alpha value is -1.82. The molecule has 0 aliphatic heterocycles. The maximum Gasteiger partial charge on any atom is 0.174 e. The van der Waals surface area contributed by atoms with Crippen molar-refractivity contribution in [1.29, 1.82) is 0 Å². The quantitative estimate of drug-likeness (QED) is 0.328. The number of hydrogen-bond acceptors (Lipinski definition) is 5. The summed E-state index contributed by atoms with van der Waals surface area (Å²) in [4.78, 5) is 6.43. The third kappa shape index (κ3) is 3.84. The number of rotatable bonds is 5. The highest BCUT2D eigenvalue weighted by atomic mass is 16.4. The summed E-state index contributed by atoms with van der Waals surface area (Å²) in [7, 11) is 0. The van der Waals surface area contributed by atoms with Crippen molar-refractivity contribution in [3.05, 3.63) is 22.9 Å². The average molecular weight is 280 g/mol. The number of likely N-dealkylation sites (N-methyl/N-ethyl adjacent to an activating group) is 1. The molecule has 0 aromatic carbocycles. The van der Waals surface area contributed by atoms with Crippen molar-refractivity contribution < 1.29 is 10.3 Å². The lowest BCUT2D eigenvalue weighted by Gasteiger charge is -2.31. The maximum atomic E-state index is 10.0. The van der Waals surface area contributed by atoms with E-state index in [9.17, 15) is 5.11 Å². The second kappa shape index (κ2) is 6.09. The minimum Gasteiger partial charge on any atom is -0.409 e. The van der Waals surface area contributed by atoms with Crippen molar-refractivity contribution in [1.82, 2.24) is 4.98 Å². The fraction of sp³-hybridized carbons (Fsp3) is 0.571. The Balaban J connectivity index is 3.40. The fourth-order valence-corrected chi connectivity index (χ4v) is 2.22. The van der Waals surface area contributed by atoms with Gasteiger partial charge in [0.05, 0.1) is 11.2 Å². The van der Waals surface area contributed by atoms with E-state index >= 15 is 0 Å². The molecule has 1 heterocycles. The van der Waals surface area contributed by atoms with Crippen LogP contribution in [0.5, 0.6) is 0 Å². The van der Waals surface area contributed by atoms with E-state index < -0.39 is 5.60 Å². The summed E-state index contributed by atoms with van der Waals surface area (Å²) in [6.07, 6.45) is 0. The molecule has 0 aliphatic rings. The molecule has 1 aromatic rings. The maximum absolute atomic E-state index is 10.0. The highest BCUT2D eigenvalue weighted by Gasteiger charge is 2.23. The van der Waals surface area contributed by atoms with Gasteiger partial charge in [-0.1, -0.05) is 5.16 Å². The molecule has 0 unspecified atom stereocenters. The number of nitrogens with zero attached hydrogens (tertiary/aromatic N) is 3. The Kier molecular flexibility index (Phi) is 4.94. The van der Waals surface area contributed by atoms with Gasteiger partial charge in [-0.15, -0.1) is 0 Å². The van der Waals surface area contributed by atoms with E-state index in [4.69, 9.17) is 10.9 Å². The van der Waals surface area contributed by atoms with Crippen LogP contribution in [0, 0.1) is 13.8 Å². The van der Waals surface area contributed by atoms with Crippen LogP contribution in [0.15, 0.2) is 11.2 Å². The van der Waals surface area contributed by atoms with Gasteiger partial charge >= 0.3 is 0 Å². The highest BCUT2D eigenvalue weighted by Crippen LogP contribution is 2.24. The standard InChI is InChI=1S/C14H24N4O2/c1-6-18(8-14(4,5)19)13-11(12(15)17-20)9(2)7-10(3)16-13/h7,19-20H,6,8H2,1-5H3,(H2,15,17). The smallest absolute Gasteiger partial charge is 0.174 e. The summed E-state index contributed by atoms with van der Waals surface area (Å²) in [5.41, 5.74) is 7.25. The van der Waals surface area contributed by atoms with Gasteiger partial charge in [0.2, 0.25) is 0 Å². The number of pyridine rings is 1. The van der Waals surface area contributed by atoms with Gasteiger partial charge in [-0.3, -0.25) is 0 Å². The molecule has 0 bridgehead atoms. The summed E-state index contributed by atoms with van der Waals surface area (Å²) < 4.78 is 0. The van der Waals surface area contributed by atoms with Gasteiger partial charge in [0.15, 0.2) is 5.84 Å². The number of anilines is 1. The number of aromatic nitrogens is 1. The third-order valence-corrected chi connectivity index (χ3v) is 2.95. The zero-order chi connectivity index (χ0) is 15.5. The lowest BCUT2D eigenvalue weighted by molar-refractivity contribution is 0.0874. The van der Waals surface area contributed by atoms with Crippen LogP contribution in [0.2, 0.25) is 0 Å². The molecule has 4 N–H and O–H groups in total. The summed E-state index contributed by atoms with van der Waals surface area (Å²) in [6.45, 7) is 10.3. The third-order valence-electron chi connectivity index (χ3n) is 2.95. The molecule has 0 saturated carbocycles. The molecule has 0 aliphatic carbocycles. The van der Waals surface area contributed by atoms with Crippen molar-refractivity contribution in [3.8, 4) is 0 Å². The van der Waals surface area contributed by atoms with Crippen molar-refractivity contribution in [2.24, 2.45) is 10.9 Å². The molecule has 0 atom stereocenters. The highest BCUT2D eigenvalue weighted by molar-refractivity contribution is 6.02. The SMILES string of the molecule is CCN(CC(C)(C)O)c1nc(C)cc(C)c1C(N)=NO. The van der Waals surface area contributed by atoms with Crippen LogP contribution in [0.1, 0.15) is 37.6 Å². The molecule has 112 valence electrons. The minimum atomic E-state index is -0.863. The van der Waals surface area contributed by atoms with Crippen LogP contribution in [0.3, 0.4) is 0 Å². The number of hydrogen-bond donors (Lipinski definition) is 3. The van der Waals surface area contributed by atoms with Crippen LogP contribution >= 0.6 is 0 Å². The Bertz CT molecular complexity index is 507. The number of oxime groups is 1. The topological polar surface area (TPSA) is 95.0 Å². The second-order valence-corrected chi connectivity index (χ2v) is 5.59. The lowest BCUT2D eigenvalue weighted by atomic mass is 10.1. The Labute approximate surface area is 119 Å². The van der Waals surface area contributed by atoms with Gasteiger partial charge in [-0.05, 0) is 46.2 Å². The largest absolute Gasteiger partial charge is 0.409 e. The van der Waals surface area contributed by atoms with E-state index in [1.54, 1.807) is 13.8 Å². The molecule has 1 aromatic heterocycles. The summed E-state index contributed by atoms with van der Waals surface area (Å²) in [5.74, 6) is 0.654. The first-order chi connectivity index (χ1) is 9.19. The number of aliphatic hydroxyl groups is 1. The zero-order valence-electron chi connectivity index (χ0n) is 12.8. The second-order valence-electron chi connectivity index (χ2n) is 5.59. The molecule has 6 heteroatoms. The zero-order valence-corrected chi connectivity index (χ0v) is 12.8. The Morgan fingerprint density at radius 2 is 2.05 bits per heavy atom. The molecule has 0 fully saturated rings. The van der Waals surface area contributed by atoms with E-state index in [-0.39, 0.29) is 5.84 Å². The van der Waals surface area contributed by atoms with Gasteiger partial charge < -0.3 is 20.9 Å². The van der Waals surface area contributed by atoms with Gasteiger partial charge in [0.1, 0.15) is 5.82 Å². The van der Waals surface area contributed by atoms with Gasteiger partial charge in [-0.25, -0.2) is 4.98 Å². The molecule has 6 nitrogen and oxygen atoms in total. The monoisotopic (exact) mass is 280 g/mol. The molecular formula is C14H24N4O2. The van der Waals surface area contributed by atoms with E-state index in [0.29, 0.717) is 24.5 Å². The van der Waals surface area contributed by atoms with Crippen molar-refractivity contribution in [2.75, 3.05) is 18.0 Å². The number of nitrogens with two attached hydrogens (primary N) is 1. The molecule has 20 heavy (non-hydrogen) atoms. The Morgan fingerprint density at radius 3 is 2.50 bits per heavy atom. The number of aryl methyl sites for hydroxylation is 2. The molecular weight excluding hydrogens is 256 g/mol. The molecule has 0 amide bonds. The summed E-state index contributed by atoms with van der Waals surface area (Å²) in [5, 5.41) is 22.1. The van der Waals surface area contributed by atoms with E-state index in [1.807, 2.05) is 31.7 Å². The normalized spacial score (nSPS) is 12.6. The van der Waals surface area contributed by atoms with Crippen LogP contribution in [0.4, 0.5) is 5.82 Å². The minimum absolute atomic E-state index is 0.0270. The molecule has 1 rings (SSSR count). The first kappa shape index (κ1) is 16.2. The molecule has 0 spiro atoms. The van der Waals surface area contributed by atoms with Crippen molar-refractivity contribution in [3.63, 3.8) is 0 Å². The van der Waals surface area contributed by atoms with Crippen molar-refractivity contribution >= 4 is 11.7 Å². The van der Waals surface area contributed by atoms with E-state index in [2.05, 4.69) is 10.1 Å². The van der Waals surface area contributed by atoms with E-state index in [0.717, 1.165) is 11.3 Å². The molecule has 0 radical (unpaired) electrons. The van der Waals surface area contributed by atoms with Gasteiger partial charge in [0.25, 0.3) is 0 Å². The van der Waals surface area contributed by atoms with Gasteiger partial charge in [0, 0.05) is 18.8 Å². The first-order valence-corrected chi connectivity index (χ1v) is 6.63. The fourth-order valence-electron chi connectivity index (χ4n) is 2.22. The summed E-state index contributed by atoms with van der Waals surface area (Å²) in [6, 6.07) is 1.88. The van der Waals surface area contributed by atoms with Crippen LogP contribution in [-0.2, 0) is 0 Å². The first-order valence-electron chi connectivity index (χ1n) is 6.63. The number of amidine groups is 1. The van der Waals surface area contributed by atoms with Crippen LogP contribution < -0.4 is 10.6 Å². The average Bonchev–Trinajstić information content (AvgIpc) is 2.33.